The SMILES string of the molecule is Cc1nc(Oc2ccc(NC(=O)C3CCN(S(C)(=O)=O)CC3)cc2)cc(-n2nc(C)c(C)c2C)n1. The molecule has 186 valence electrons. The van der Waals surface area contributed by atoms with E-state index in [1.165, 1.54) is 10.6 Å². The van der Waals surface area contributed by atoms with Crippen molar-refractivity contribution in [1.82, 2.24) is 24.1 Å². The molecular weight excluding hydrogens is 468 g/mol. The van der Waals surface area contributed by atoms with Crippen molar-refractivity contribution in [2.45, 2.75) is 40.5 Å². The van der Waals surface area contributed by atoms with Gasteiger partial charge in [0.2, 0.25) is 21.8 Å². The molecule has 1 aliphatic rings. The Kier molecular flexibility index (Phi) is 6.91. The highest BCUT2D eigenvalue weighted by molar-refractivity contribution is 7.88. The summed E-state index contributed by atoms with van der Waals surface area (Å²) in [5.74, 6) is 1.83. The lowest BCUT2D eigenvalue weighted by molar-refractivity contribution is -0.120. The molecule has 3 aromatic rings. The average molecular weight is 499 g/mol. The van der Waals surface area contributed by atoms with E-state index in [-0.39, 0.29) is 11.8 Å². The third kappa shape index (κ3) is 5.68. The van der Waals surface area contributed by atoms with Crippen LogP contribution in [0.2, 0.25) is 0 Å². The monoisotopic (exact) mass is 498 g/mol. The zero-order chi connectivity index (χ0) is 25.3. The summed E-state index contributed by atoms with van der Waals surface area (Å²) in [6.45, 7) is 8.51. The van der Waals surface area contributed by atoms with E-state index in [1.807, 2.05) is 20.8 Å². The molecule has 1 N–H and O–H groups in total. The number of hydrogen-bond donors (Lipinski definition) is 1. The molecule has 1 amide bonds. The van der Waals surface area contributed by atoms with E-state index in [0.29, 0.717) is 54.9 Å². The van der Waals surface area contributed by atoms with Crippen LogP contribution in [-0.2, 0) is 14.8 Å². The quantitative estimate of drug-likeness (QED) is 0.554. The van der Waals surface area contributed by atoms with Gasteiger partial charge in [0.1, 0.15) is 11.6 Å². The molecule has 0 spiro atoms. The van der Waals surface area contributed by atoms with Crippen LogP contribution in [0.3, 0.4) is 0 Å². The standard InChI is InChI=1S/C24H30N6O4S/c1-15-16(2)28-30(17(15)3)22-14-23(26-18(4)25-22)34-21-8-6-20(7-9-21)27-24(31)19-10-12-29(13-11-19)35(5,32)33/h6-9,14,19H,10-13H2,1-5H3,(H,27,31). The van der Waals surface area contributed by atoms with Crippen LogP contribution in [0.25, 0.3) is 5.82 Å². The molecule has 0 saturated carbocycles. The fraction of sp³-hybridized carbons (Fsp3) is 0.417. The third-order valence-corrected chi connectivity index (χ3v) is 7.61. The minimum Gasteiger partial charge on any atom is -0.439 e. The van der Waals surface area contributed by atoms with Gasteiger partial charge in [-0.15, -0.1) is 0 Å². The second-order valence-corrected chi connectivity index (χ2v) is 10.9. The molecule has 1 fully saturated rings. The van der Waals surface area contributed by atoms with Crippen molar-refractivity contribution in [3.63, 3.8) is 0 Å². The number of nitrogens with zero attached hydrogens (tertiary/aromatic N) is 5. The Hall–Kier alpha value is -3.31. The van der Waals surface area contributed by atoms with Gasteiger partial charge in [-0.05, 0) is 70.4 Å². The maximum absolute atomic E-state index is 12.6. The Bertz CT molecular complexity index is 1340. The summed E-state index contributed by atoms with van der Waals surface area (Å²) in [6, 6.07) is 8.78. The summed E-state index contributed by atoms with van der Waals surface area (Å²) in [5, 5.41) is 7.47. The number of amides is 1. The molecule has 35 heavy (non-hydrogen) atoms. The number of aryl methyl sites for hydroxylation is 2. The molecule has 0 atom stereocenters. The minimum absolute atomic E-state index is 0.108. The number of carbonyl (C=O) groups excluding carboxylic acids is 1. The van der Waals surface area contributed by atoms with Gasteiger partial charge < -0.3 is 10.1 Å². The normalized spacial score (nSPS) is 15.2. The molecule has 3 heterocycles. The lowest BCUT2D eigenvalue weighted by Crippen LogP contribution is -2.40. The van der Waals surface area contributed by atoms with E-state index in [4.69, 9.17) is 4.74 Å². The molecule has 1 saturated heterocycles. The Morgan fingerprint density at radius 1 is 1.06 bits per heavy atom. The van der Waals surface area contributed by atoms with Gasteiger partial charge in [-0.3, -0.25) is 4.79 Å². The van der Waals surface area contributed by atoms with Crippen molar-refractivity contribution in [3.05, 3.63) is 53.1 Å². The molecule has 10 nitrogen and oxygen atoms in total. The highest BCUT2D eigenvalue weighted by Crippen LogP contribution is 2.26. The van der Waals surface area contributed by atoms with E-state index < -0.39 is 10.0 Å². The molecule has 1 aromatic carbocycles. The first-order valence-electron chi connectivity index (χ1n) is 11.4. The molecule has 0 unspecified atom stereocenters. The largest absolute Gasteiger partial charge is 0.439 e. The van der Waals surface area contributed by atoms with Gasteiger partial charge in [-0.25, -0.2) is 22.4 Å². The zero-order valence-corrected chi connectivity index (χ0v) is 21.4. The number of benzene rings is 1. The predicted molar refractivity (Wildman–Crippen MR) is 132 cm³/mol. The maximum Gasteiger partial charge on any atom is 0.227 e. The first-order valence-corrected chi connectivity index (χ1v) is 13.3. The van der Waals surface area contributed by atoms with Gasteiger partial charge in [-0.2, -0.15) is 10.1 Å². The van der Waals surface area contributed by atoms with Crippen molar-refractivity contribution < 1.29 is 17.9 Å². The lowest BCUT2D eigenvalue weighted by Gasteiger charge is -2.29. The van der Waals surface area contributed by atoms with E-state index in [0.717, 1.165) is 17.0 Å². The van der Waals surface area contributed by atoms with Gasteiger partial charge in [0.25, 0.3) is 0 Å². The fourth-order valence-electron chi connectivity index (χ4n) is 4.05. The van der Waals surface area contributed by atoms with Gasteiger partial charge in [0.05, 0.1) is 11.9 Å². The Labute approximate surface area is 205 Å². The topological polar surface area (TPSA) is 119 Å². The number of hydrogen-bond acceptors (Lipinski definition) is 7. The molecule has 11 heteroatoms. The van der Waals surface area contributed by atoms with Crippen LogP contribution in [0.1, 0.15) is 35.6 Å². The van der Waals surface area contributed by atoms with Crippen LogP contribution in [0, 0.1) is 33.6 Å². The maximum atomic E-state index is 12.6. The van der Waals surface area contributed by atoms with E-state index in [9.17, 15) is 13.2 Å². The zero-order valence-electron chi connectivity index (χ0n) is 20.6. The van der Waals surface area contributed by atoms with E-state index in [1.54, 1.807) is 41.9 Å². The average Bonchev–Trinajstić information content (AvgIpc) is 3.07. The molecule has 0 aliphatic carbocycles. The summed E-state index contributed by atoms with van der Waals surface area (Å²) >= 11 is 0. The van der Waals surface area contributed by atoms with Crippen molar-refractivity contribution in [1.29, 1.82) is 0 Å². The number of aromatic nitrogens is 4. The molecule has 4 rings (SSSR count). The highest BCUT2D eigenvalue weighted by Gasteiger charge is 2.29. The molecule has 0 bridgehead atoms. The van der Waals surface area contributed by atoms with E-state index in [2.05, 4.69) is 20.4 Å². The predicted octanol–water partition coefficient (Wildman–Crippen LogP) is 3.30. The van der Waals surface area contributed by atoms with Crippen LogP contribution in [0.5, 0.6) is 11.6 Å². The second kappa shape index (κ2) is 9.74. The minimum atomic E-state index is -3.22. The van der Waals surface area contributed by atoms with Crippen molar-refractivity contribution in [2.24, 2.45) is 5.92 Å². The number of carbonyl (C=O) groups is 1. The summed E-state index contributed by atoms with van der Waals surface area (Å²) in [6.07, 6.45) is 2.20. The Balaban J connectivity index is 1.40. The first kappa shape index (κ1) is 24.8. The molecular formula is C24H30N6O4S. The van der Waals surface area contributed by atoms with Crippen LogP contribution >= 0.6 is 0 Å². The summed E-state index contributed by atoms with van der Waals surface area (Å²) in [4.78, 5) is 21.5. The van der Waals surface area contributed by atoms with Gasteiger partial charge in [0.15, 0.2) is 5.82 Å². The van der Waals surface area contributed by atoms with Crippen LogP contribution in [0.4, 0.5) is 5.69 Å². The van der Waals surface area contributed by atoms with E-state index >= 15 is 0 Å². The Morgan fingerprint density at radius 2 is 1.71 bits per heavy atom. The third-order valence-electron chi connectivity index (χ3n) is 6.31. The van der Waals surface area contributed by atoms with Crippen molar-refractivity contribution in [2.75, 3.05) is 24.7 Å². The first-order chi connectivity index (χ1) is 16.5. The lowest BCUT2D eigenvalue weighted by atomic mass is 9.97. The van der Waals surface area contributed by atoms with Crippen LogP contribution < -0.4 is 10.1 Å². The number of sulfonamides is 1. The summed E-state index contributed by atoms with van der Waals surface area (Å²) in [5.41, 5.74) is 3.71. The number of nitrogens with one attached hydrogen (secondary N) is 1. The van der Waals surface area contributed by atoms with Gasteiger partial charge in [-0.1, -0.05) is 0 Å². The smallest absolute Gasteiger partial charge is 0.227 e. The Morgan fingerprint density at radius 3 is 2.29 bits per heavy atom. The number of anilines is 1. The van der Waals surface area contributed by atoms with Gasteiger partial charge in [0, 0.05) is 36.5 Å². The van der Waals surface area contributed by atoms with Crippen molar-refractivity contribution >= 4 is 21.6 Å². The number of rotatable bonds is 6. The molecule has 0 radical (unpaired) electrons. The van der Waals surface area contributed by atoms with Crippen LogP contribution in [0.15, 0.2) is 30.3 Å². The second-order valence-electron chi connectivity index (χ2n) is 8.87. The molecule has 1 aliphatic heterocycles. The van der Waals surface area contributed by atoms with Crippen molar-refractivity contribution in [3.8, 4) is 17.4 Å². The number of ether oxygens (including phenoxy) is 1. The number of piperidine rings is 1. The highest BCUT2D eigenvalue weighted by atomic mass is 32.2. The summed E-state index contributed by atoms with van der Waals surface area (Å²) in [7, 11) is -3.22. The molecule has 2 aromatic heterocycles. The van der Waals surface area contributed by atoms with Crippen LogP contribution in [-0.4, -0.2) is 57.7 Å². The van der Waals surface area contributed by atoms with Gasteiger partial charge >= 0.3 is 0 Å². The fourth-order valence-corrected chi connectivity index (χ4v) is 4.92. The summed E-state index contributed by atoms with van der Waals surface area (Å²) < 4.78 is 32.5.